The van der Waals surface area contributed by atoms with Gasteiger partial charge in [0, 0.05) is 0 Å². The molecule has 1 atom stereocenters. The van der Waals surface area contributed by atoms with Crippen molar-refractivity contribution in [2.75, 3.05) is 6.61 Å². The molecule has 4 heteroatoms. The number of aryl methyl sites for hydroxylation is 1. The molecule has 0 saturated carbocycles. The highest BCUT2D eigenvalue weighted by Gasteiger charge is 2.13. The van der Waals surface area contributed by atoms with Crippen molar-refractivity contribution in [3.63, 3.8) is 0 Å². The summed E-state index contributed by atoms with van der Waals surface area (Å²) in [6.07, 6.45) is 0.344. The van der Waals surface area contributed by atoms with Crippen molar-refractivity contribution >= 4 is 5.91 Å². The molecule has 0 saturated heterocycles. The third-order valence-electron chi connectivity index (χ3n) is 3.16. The van der Waals surface area contributed by atoms with Gasteiger partial charge in [0.2, 0.25) is 5.91 Å². The number of rotatable bonds is 6. The number of hydrogen-bond acceptors (Lipinski definition) is 3. The van der Waals surface area contributed by atoms with E-state index < -0.39 is 0 Å². The van der Waals surface area contributed by atoms with Crippen LogP contribution in [0.5, 0.6) is 5.75 Å². The van der Waals surface area contributed by atoms with Crippen LogP contribution in [0.3, 0.4) is 0 Å². The van der Waals surface area contributed by atoms with Gasteiger partial charge in [0.15, 0.2) is 0 Å². The molecular weight excluding hydrogens is 266 g/mol. The van der Waals surface area contributed by atoms with Crippen molar-refractivity contribution < 1.29 is 13.9 Å². The normalized spacial score (nSPS) is 12.0. The highest BCUT2D eigenvalue weighted by atomic mass is 16.5. The Labute approximate surface area is 125 Å². The lowest BCUT2D eigenvalue weighted by Crippen LogP contribution is -2.27. The average molecular weight is 287 g/mol. The number of amides is 1. The van der Waals surface area contributed by atoms with Gasteiger partial charge in [-0.05, 0) is 50.6 Å². The summed E-state index contributed by atoms with van der Waals surface area (Å²) in [5.74, 6) is 2.41. The van der Waals surface area contributed by atoms with Crippen molar-refractivity contribution in [1.82, 2.24) is 5.32 Å². The number of ether oxygens (including phenoxy) is 1. The molecule has 0 aliphatic heterocycles. The SMILES string of the molecule is CCOc1ccc(CC(=O)NC(C)c2ccc(C)o2)cc1. The maximum absolute atomic E-state index is 12.0. The predicted molar refractivity (Wildman–Crippen MR) is 81.3 cm³/mol. The van der Waals surface area contributed by atoms with Crippen LogP contribution in [0.1, 0.15) is 37.0 Å². The number of nitrogens with one attached hydrogen (secondary N) is 1. The van der Waals surface area contributed by atoms with Gasteiger partial charge >= 0.3 is 0 Å². The van der Waals surface area contributed by atoms with E-state index >= 15 is 0 Å². The van der Waals surface area contributed by atoms with Crippen LogP contribution in [-0.2, 0) is 11.2 Å². The summed E-state index contributed by atoms with van der Waals surface area (Å²) in [6.45, 7) is 6.38. The smallest absolute Gasteiger partial charge is 0.224 e. The fourth-order valence-electron chi connectivity index (χ4n) is 2.11. The van der Waals surface area contributed by atoms with Gasteiger partial charge in [-0.3, -0.25) is 4.79 Å². The summed E-state index contributed by atoms with van der Waals surface area (Å²) >= 11 is 0. The Morgan fingerprint density at radius 2 is 1.95 bits per heavy atom. The van der Waals surface area contributed by atoms with E-state index in [4.69, 9.17) is 9.15 Å². The first-order valence-electron chi connectivity index (χ1n) is 7.16. The van der Waals surface area contributed by atoms with E-state index in [0.29, 0.717) is 13.0 Å². The molecule has 112 valence electrons. The molecule has 0 aliphatic rings. The molecular formula is C17H21NO3. The van der Waals surface area contributed by atoms with Crippen molar-refractivity contribution in [3.8, 4) is 5.75 Å². The number of hydrogen-bond donors (Lipinski definition) is 1. The zero-order chi connectivity index (χ0) is 15.2. The Kier molecular flexibility index (Phi) is 5.04. The number of carbonyl (C=O) groups is 1. The first-order valence-corrected chi connectivity index (χ1v) is 7.16. The van der Waals surface area contributed by atoms with E-state index in [9.17, 15) is 4.79 Å². The van der Waals surface area contributed by atoms with Crippen LogP contribution in [0.2, 0.25) is 0 Å². The minimum Gasteiger partial charge on any atom is -0.494 e. The van der Waals surface area contributed by atoms with Gasteiger partial charge in [0.05, 0.1) is 19.1 Å². The lowest BCUT2D eigenvalue weighted by atomic mass is 10.1. The van der Waals surface area contributed by atoms with E-state index in [0.717, 1.165) is 22.8 Å². The van der Waals surface area contributed by atoms with Crippen LogP contribution >= 0.6 is 0 Å². The molecule has 0 radical (unpaired) electrons. The predicted octanol–water partition coefficient (Wildman–Crippen LogP) is 3.41. The number of benzene rings is 1. The minimum atomic E-state index is -0.131. The van der Waals surface area contributed by atoms with Crippen molar-refractivity contribution in [2.24, 2.45) is 0 Å². The lowest BCUT2D eigenvalue weighted by Gasteiger charge is -2.11. The van der Waals surface area contributed by atoms with Crippen LogP contribution in [0.15, 0.2) is 40.8 Å². The molecule has 1 unspecified atom stereocenters. The van der Waals surface area contributed by atoms with Gasteiger partial charge in [-0.15, -0.1) is 0 Å². The summed E-state index contributed by atoms with van der Waals surface area (Å²) in [4.78, 5) is 12.0. The molecule has 1 heterocycles. The topological polar surface area (TPSA) is 51.5 Å². The molecule has 1 amide bonds. The van der Waals surface area contributed by atoms with E-state index in [1.54, 1.807) is 0 Å². The van der Waals surface area contributed by atoms with Gasteiger partial charge in [0.1, 0.15) is 17.3 Å². The summed E-state index contributed by atoms with van der Waals surface area (Å²) < 4.78 is 10.9. The molecule has 4 nitrogen and oxygen atoms in total. The maximum atomic E-state index is 12.0. The Morgan fingerprint density at radius 3 is 2.52 bits per heavy atom. The fourth-order valence-corrected chi connectivity index (χ4v) is 2.11. The molecule has 1 aromatic heterocycles. The van der Waals surface area contributed by atoms with Crippen LogP contribution < -0.4 is 10.1 Å². The zero-order valence-electron chi connectivity index (χ0n) is 12.7. The molecule has 0 fully saturated rings. The molecule has 0 aliphatic carbocycles. The molecule has 2 aromatic rings. The summed E-state index contributed by atoms with van der Waals surface area (Å²) in [5, 5.41) is 2.93. The van der Waals surface area contributed by atoms with Gasteiger partial charge in [-0.25, -0.2) is 0 Å². The second-order valence-corrected chi connectivity index (χ2v) is 4.99. The Morgan fingerprint density at radius 1 is 1.24 bits per heavy atom. The van der Waals surface area contributed by atoms with Crippen molar-refractivity contribution in [3.05, 3.63) is 53.5 Å². The maximum Gasteiger partial charge on any atom is 0.224 e. The molecule has 0 spiro atoms. The zero-order valence-corrected chi connectivity index (χ0v) is 12.7. The lowest BCUT2D eigenvalue weighted by molar-refractivity contribution is -0.121. The third kappa shape index (κ3) is 4.38. The number of furan rings is 1. The van der Waals surface area contributed by atoms with Crippen LogP contribution in [0, 0.1) is 6.92 Å². The quantitative estimate of drug-likeness (QED) is 0.885. The van der Waals surface area contributed by atoms with Crippen molar-refractivity contribution in [1.29, 1.82) is 0 Å². The van der Waals surface area contributed by atoms with E-state index in [1.807, 2.05) is 57.2 Å². The molecule has 1 aromatic carbocycles. The van der Waals surface area contributed by atoms with Gasteiger partial charge in [-0.2, -0.15) is 0 Å². The summed E-state index contributed by atoms with van der Waals surface area (Å²) in [7, 11) is 0. The van der Waals surface area contributed by atoms with Crippen LogP contribution in [0.25, 0.3) is 0 Å². The molecule has 2 rings (SSSR count). The van der Waals surface area contributed by atoms with E-state index in [1.165, 1.54) is 0 Å². The van der Waals surface area contributed by atoms with E-state index in [2.05, 4.69) is 5.32 Å². The second kappa shape index (κ2) is 6.97. The first kappa shape index (κ1) is 15.2. The average Bonchev–Trinajstić information content (AvgIpc) is 2.88. The van der Waals surface area contributed by atoms with Crippen molar-refractivity contribution in [2.45, 2.75) is 33.2 Å². The highest BCUT2D eigenvalue weighted by Crippen LogP contribution is 2.16. The van der Waals surface area contributed by atoms with Gasteiger partial charge in [0.25, 0.3) is 0 Å². The van der Waals surface area contributed by atoms with E-state index in [-0.39, 0.29) is 11.9 Å². The Hall–Kier alpha value is -2.23. The van der Waals surface area contributed by atoms with Gasteiger partial charge in [-0.1, -0.05) is 12.1 Å². The molecule has 1 N–H and O–H groups in total. The Balaban J connectivity index is 1.89. The molecule has 21 heavy (non-hydrogen) atoms. The second-order valence-electron chi connectivity index (χ2n) is 4.99. The van der Waals surface area contributed by atoms with Crippen LogP contribution in [-0.4, -0.2) is 12.5 Å². The Bertz CT molecular complexity index is 586. The van der Waals surface area contributed by atoms with Gasteiger partial charge < -0.3 is 14.5 Å². The van der Waals surface area contributed by atoms with Crippen LogP contribution in [0.4, 0.5) is 0 Å². The third-order valence-corrected chi connectivity index (χ3v) is 3.16. The fraction of sp³-hybridized carbons (Fsp3) is 0.353. The minimum absolute atomic E-state index is 0.0271. The summed E-state index contributed by atoms with van der Waals surface area (Å²) in [6, 6.07) is 11.2. The first-order chi connectivity index (χ1) is 10.1. The largest absolute Gasteiger partial charge is 0.494 e. The monoisotopic (exact) mass is 287 g/mol. The summed E-state index contributed by atoms with van der Waals surface area (Å²) in [5.41, 5.74) is 0.957. The number of carbonyl (C=O) groups excluding carboxylic acids is 1. The molecule has 0 bridgehead atoms. The standard InChI is InChI=1S/C17H21NO3/c1-4-20-15-8-6-14(7-9-15)11-17(19)18-13(3)16-10-5-12(2)21-16/h5-10,13H,4,11H2,1-3H3,(H,18,19). The highest BCUT2D eigenvalue weighted by molar-refractivity contribution is 5.78.